The monoisotopic (exact) mass is 481 g/mol. The largest absolute Gasteiger partial charge is 0.439 e. The second-order valence-corrected chi connectivity index (χ2v) is 8.59. The van der Waals surface area contributed by atoms with Crippen LogP contribution in [0.4, 0.5) is 11.4 Å². The number of sulfonamides is 1. The first-order valence-corrected chi connectivity index (χ1v) is 11.1. The smallest absolute Gasteiger partial charge is 0.339 e. The molecule has 0 radical (unpaired) electrons. The van der Waals surface area contributed by atoms with Crippen LogP contribution in [0.5, 0.6) is 0 Å². The van der Waals surface area contributed by atoms with Crippen LogP contribution in [-0.2, 0) is 21.5 Å². The van der Waals surface area contributed by atoms with E-state index in [1.165, 1.54) is 30.3 Å². The molecule has 0 atom stereocenters. The van der Waals surface area contributed by atoms with Crippen LogP contribution in [-0.4, -0.2) is 34.3 Å². The van der Waals surface area contributed by atoms with Gasteiger partial charge in [0.15, 0.2) is 6.73 Å². The average Bonchev–Trinajstić information content (AvgIpc) is 2.84. The number of rotatable bonds is 7. The number of benzene rings is 3. The van der Waals surface area contributed by atoms with E-state index in [-0.39, 0.29) is 21.8 Å². The number of esters is 1. The van der Waals surface area contributed by atoms with Gasteiger partial charge in [0.05, 0.1) is 20.8 Å². The van der Waals surface area contributed by atoms with Gasteiger partial charge < -0.3 is 4.74 Å². The molecule has 0 fully saturated rings. The molecule has 1 aromatic heterocycles. The van der Waals surface area contributed by atoms with E-state index >= 15 is 0 Å². The van der Waals surface area contributed by atoms with Crippen LogP contribution in [0.2, 0.25) is 0 Å². The normalized spacial score (nSPS) is 11.2. The minimum Gasteiger partial charge on any atom is -0.439 e. The van der Waals surface area contributed by atoms with Crippen molar-refractivity contribution >= 4 is 38.3 Å². The number of ether oxygens (including phenoxy) is 1. The number of carbonyl (C=O) groups is 1. The van der Waals surface area contributed by atoms with Crippen LogP contribution >= 0.6 is 0 Å². The quantitative estimate of drug-likeness (QED) is 0.237. The fourth-order valence-electron chi connectivity index (χ4n) is 2.97. The van der Waals surface area contributed by atoms with Crippen molar-refractivity contribution in [2.75, 3.05) is 4.72 Å². The highest BCUT2D eigenvalue weighted by atomic mass is 32.2. The Morgan fingerprint density at radius 3 is 2.53 bits per heavy atom. The van der Waals surface area contributed by atoms with Gasteiger partial charge in [0.25, 0.3) is 21.3 Å². The molecule has 0 amide bonds. The molecule has 0 bridgehead atoms. The maximum Gasteiger partial charge on any atom is 0.339 e. The van der Waals surface area contributed by atoms with Gasteiger partial charge in [-0.3, -0.25) is 19.6 Å². The molecule has 0 saturated heterocycles. The first kappa shape index (κ1) is 22.5. The van der Waals surface area contributed by atoms with Crippen molar-refractivity contribution in [2.45, 2.75) is 11.6 Å². The topological polar surface area (TPSA) is 163 Å². The summed E-state index contributed by atoms with van der Waals surface area (Å²) in [4.78, 5) is 34.8. The van der Waals surface area contributed by atoms with Gasteiger partial charge in [0.2, 0.25) is 0 Å². The second kappa shape index (κ2) is 9.07. The zero-order chi connectivity index (χ0) is 24.3. The van der Waals surface area contributed by atoms with Crippen molar-refractivity contribution in [1.82, 2.24) is 15.0 Å². The third-order valence-electron chi connectivity index (χ3n) is 4.66. The molecule has 0 aliphatic heterocycles. The van der Waals surface area contributed by atoms with E-state index in [0.717, 1.165) is 22.9 Å². The van der Waals surface area contributed by atoms with E-state index in [2.05, 4.69) is 15.0 Å². The maximum absolute atomic E-state index is 12.7. The number of carbonyl (C=O) groups excluding carboxylic acids is 1. The molecule has 172 valence electrons. The summed E-state index contributed by atoms with van der Waals surface area (Å²) in [6.45, 7) is -0.520. The summed E-state index contributed by atoms with van der Waals surface area (Å²) in [5.74, 6) is -0.880. The molecule has 0 aliphatic rings. The van der Waals surface area contributed by atoms with E-state index in [4.69, 9.17) is 4.74 Å². The molecule has 12 nitrogen and oxygen atoms in total. The van der Waals surface area contributed by atoms with Crippen LogP contribution in [0.1, 0.15) is 10.4 Å². The fourth-order valence-corrected chi connectivity index (χ4v) is 4.07. The van der Waals surface area contributed by atoms with Gasteiger partial charge in [-0.05, 0) is 42.5 Å². The molecular weight excluding hydrogens is 466 g/mol. The Balaban J connectivity index is 1.49. The van der Waals surface area contributed by atoms with E-state index in [1.54, 1.807) is 24.3 Å². The lowest BCUT2D eigenvalue weighted by Crippen LogP contribution is -2.26. The lowest BCUT2D eigenvalue weighted by molar-refractivity contribution is -0.384. The Bertz CT molecular complexity index is 1570. The van der Waals surface area contributed by atoms with Gasteiger partial charge in [0, 0.05) is 17.8 Å². The Kier molecular flexibility index (Phi) is 6.01. The summed E-state index contributed by atoms with van der Waals surface area (Å²) in [7, 11) is -4.11. The van der Waals surface area contributed by atoms with Crippen molar-refractivity contribution < 1.29 is 22.9 Å². The highest BCUT2D eigenvalue weighted by Crippen LogP contribution is 2.20. The number of nitrogens with one attached hydrogen (secondary N) is 1. The number of nitro benzene ring substituents is 1. The van der Waals surface area contributed by atoms with Gasteiger partial charge in [-0.2, -0.15) is 4.68 Å². The first-order chi connectivity index (χ1) is 16.2. The second-order valence-electron chi connectivity index (χ2n) is 6.91. The van der Waals surface area contributed by atoms with Gasteiger partial charge in [-0.1, -0.05) is 23.4 Å². The van der Waals surface area contributed by atoms with Crippen LogP contribution < -0.4 is 10.3 Å². The highest BCUT2D eigenvalue weighted by molar-refractivity contribution is 7.92. The molecule has 0 spiro atoms. The van der Waals surface area contributed by atoms with Crippen LogP contribution in [0.25, 0.3) is 10.9 Å². The summed E-state index contributed by atoms with van der Waals surface area (Å²) in [5, 5.41) is 18.7. The van der Waals surface area contributed by atoms with Crippen molar-refractivity contribution in [3.63, 3.8) is 0 Å². The standard InChI is InChI=1S/C21H15N5O7S/c27-20-18-6-1-2-7-19(18)22-24-25(20)13-33-21(28)14-4-3-5-17(12-14)34(31,32)23-15-8-10-16(11-9-15)26(29)30/h1-12,23H,13H2. The number of nitrogens with zero attached hydrogens (tertiary/aromatic N) is 4. The number of aromatic nitrogens is 3. The minimum atomic E-state index is -4.11. The number of nitro groups is 1. The molecular formula is C21H15N5O7S. The Morgan fingerprint density at radius 1 is 1.06 bits per heavy atom. The zero-order valence-electron chi connectivity index (χ0n) is 17.2. The van der Waals surface area contributed by atoms with Crippen LogP contribution in [0.15, 0.2) is 82.5 Å². The molecule has 3 aromatic carbocycles. The maximum atomic E-state index is 12.7. The highest BCUT2D eigenvalue weighted by Gasteiger charge is 2.18. The SMILES string of the molecule is O=C(OCn1nnc2ccccc2c1=O)c1cccc(S(=O)(=O)Nc2ccc([N+](=O)[O-])cc2)c1. The number of hydrogen-bond acceptors (Lipinski definition) is 9. The third kappa shape index (κ3) is 4.73. The molecule has 13 heteroatoms. The number of hydrogen-bond donors (Lipinski definition) is 1. The first-order valence-electron chi connectivity index (χ1n) is 9.61. The van der Waals surface area contributed by atoms with Crippen molar-refractivity contribution in [3.05, 3.63) is 98.8 Å². The minimum absolute atomic E-state index is 0.0756. The number of non-ortho nitro benzene ring substituents is 1. The zero-order valence-corrected chi connectivity index (χ0v) is 18.0. The molecule has 0 unspecified atom stereocenters. The lowest BCUT2D eigenvalue weighted by atomic mass is 10.2. The number of fused-ring (bicyclic) bond motifs is 1. The van der Waals surface area contributed by atoms with Crippen LogP contribution in [0, 0.1) is 10.1 Å². The number of anilines is 1. The van der Waals surface area contributed by atoms with E-state index in [0.29, 0.717) is 10.9 Å². The predicted molar refractivity (Wildman–Crippen MR) is 120 cm³/mol. The molecule has 4 rings (SSSR count). The van der Waals surface area contributed by atoms with Crippen molar-refractivity contribution in [1.29, 1.82) is 0 Å². The van der Waals surface area contributed by atoms with E-state index in [1.807, 2.05) is 0 Å². The summed E-state index contributed by atoms with van der Waals surface area (Å²) >= 11 is 0. The van der Waals surface area contributed by atoms with Crippen molar-refractivity contribution in [2.24, 2.45) is 0 Å². The average molecular weight is 481 g/mol. The molecule has 1 heterocycles. The molecule has 1 N–H and O–H groups in total. The van der Waals surface area contributed by atoms with E-state index in [9.17, 15) is 28.1 Å². The summed E-state index contributed by atoms with van der Waals surface area (Å²) in [5.41, 5.74) is -0.264. The third-order valence-corrected chi connectivity index (χ3v) is 6.04. The van der Waals surface area contributed by atoms with Gasteiger partial charge in [-0.15, -0.1) is 5.10 Å². The molecule has 0 saturated carbocycles. The Hall–Kier alpha value is -4.65. The molecule has 4 aromatic rings. The Morgan fingerprint density at radius 2 is 1.79 bits per heavy atom. The van der Waals surface area contributed by atoms with Gasteiger partial charge >= 0.3 is 5.97 Å². The van der Waals surface area contributed by atoms with Gasteiger partial charge in [-0.25, -0.2) is 13.2 Å². The van der Waals surface area contributed by atoms with Crippen molar-refractivity contribution in [3.8, 4) is 0 Å². The lowest BCUT2D eigenvalue weighted by Gasteiger charge is -2.10. The Labute approximate surface area is 191 Å². The van der Waals surface area contributed by atoms with Crippen LogP contribution in [0.3, 0.4) is 0 Å². The summed E-state index contributed by atoms with van der Waals surface area (Å²) < 4.78 is 33.6. The summed E-state index contributed by atoms with van der Waals surface area (Å²) in [6.07, 6.45) is 0. The molecule has 34 heavy (non-hydrogen) atoms. The van der Waals surface area contributed by atoms with Gasteiger partial charge in [0.1, 0.15) is 5.52 Å². The van der Waals surface area contributed by atoms with E-state index < -0.39 is 33.2 Å². The fraction of sp³-hybridized carbons (Fsp3) is 0.0476. The molecule has 0 aliphatic carbocycles. The predicted octanol–water partition coefficient (Wildman–Crippen LogP) is 2.32. The summed E-state index contributed by atoms with van der Waals surface area (Å²) in [6, 6.07) is 16.4.